The maximum Gasteiger partial charge on any atom is 0.335 e. The summed E-state index contributed by atoms with van der Waals surface area (Å²) in [6.07, 6.45) is 1.32. The Balaban J connectivity index is 1.90. The van der Waals surface area contributed by atoms with E-state index >= 15 is 0 Å². The average Bonchev–Trinajstić information content (AvgIpc) is 2.80. The molecule has 1 amide bonds. The number of carbonyl (C=O) groups is 2. The van der Waals surface area contributed by atoms with Crippen LogP contribution < -0.4 is 15.7 Å². The molecule has 0 saturated heterocycles. The molecule has 1 aromatic heterocycles. The Morgan fingerprint density at radius 1 is 1.19 bits per heavy atom. The van der Waals surface area contributed by atoms with Gasteiger partial charge in [-0.1, -0.05) is 12.1 Å². The fraction of sp³-hybridized carbons (Fsp3) is 0.0909. The third-order valence-corrected chi connectivity index (χ3v) is 4.52. The smallest absolute Gasteiger partial charge is 0.335 e. The van der Waals surface area contributed by atoms with Crippen LogP contribution in [0, 0.1) is 18.3 Å². The van der Waals surface area contributed by atoms with Gasteiger partial charge >= 0.3 is 5.97 Å². The third-order valence-electron chi connectivity index (χ3n) is 4.52. The van der Waals surface area contributed by atoms with E-state index in [-0.39, 0.29) is 22.4 Å². The number of carboxylic acids is 1. The number of hydrogen-bond donors (Lipinski definition) is 2. The molecule has 0 atom stereocenters. The first-order valence-electron chi connectivity index (χ1n) is 9.21. The number of nitrogens with zero attached hydrogens (tertiary/aromatic N) is 4. The number of amides is 1. The monoisotopic (exact) mass is 431 g/mol. The lowest BCUT2D eigenvalue weighted by Crippen LogP contribution is -2.31. The normalized spacial score (nSPS) is 10.5. The summed E-state index contributed by atoms with van der Waals surface area (Å²) in [5.74, 6) is -1.21. The van der Waals surface area contributed by atoms with E-state index in [1.54, 1.807) is 24.3 Å². The lowest BCUT2D eigenvalue weighted by atomic mass is 10.1. The summed E-state index contributed by atoms with van der Waals surface area (Å²) in [7, 11) is 1.50. The molecule has 1 heterocycles. The second-order valence-corrected chi connectivity index (χ2v) is 6.50. The minimum absolute atomic E-state index is 0.121. The van der Waals surface area contributed by atoms with Crippen molar-refractivity contribution in [3.63, 3.8) is 0 Å². The molecule has 2 aromatic carbocycles. The fourth-order valence-electron chi connectivity index (χ4n) is 2.78. The summed E-state index contributed by atoms with van der Waals surface area (Å²) in [4.78, 5) is 36.2. The highest BCUT2D eigenvalue weighted by Crippen LogP contribution is 2.15. The standard InChI is InChI=1S/C22H17N5O5/c1-13-18(11-23)21(29)27(16-7-9-17(32-2)10-8-16)26-19(13)20(28)25-24-12-14-3-5-15(6-4-14)22(30)31/h3-10,12H,1-2H3,(H,25,28)(H,30,31). The van der Waals surface area contributed by atoms with Gasteiger partial charge in [-0.05, 0) is 48.9 Å². The quantitative estimate of drug-likeness (QED) is 0.447. The SMILES string of the molecule is COc1ccc(-n2nc(C(=O)NN=Cc3ccc(C(=O)O)cc3)c(C)c(C#N)c2=O)cc1. The molecule has 10 nitrogen and oxygen atoms in total. The Hall–Kier alpha value is -4.78. The van der Waals surface area contributed by atoms with E-state index in [2.05, 4.69) is 15.6 Å². The van der Waals surface area contributed by atoms with Crippen LogP contribution in [-0.4, -0.2) is 40.1 Å². The summed E-state index contributed by atoms with van der Waals surface area (Å²) < 4.78 is 6.06. The van der Waals surface area contributed by atoms with E-state index in [0.717, 1.165) is 4.68 Å². The van der Waals surface area contributed by atoms with Gasteiger partial charge in [0, 0.05) is 5.56 Å². The van der Waals surface area contributed by atoms with Crippen molar-refractivity contribution in [2.75, 3.05) is 7.11 Å². The Kier molecular flexibility index (Phi) is 6.41. The van der Waals surface area contributed by atoms with E-state index in [1.165, 1.54) is 44.5 Å². The maximum absolute atomic E-state index is 12.7. The average molecular weight is 431 g/mol. The molecule has 2 N–H and O–H groups in total. The molecule has 0 aliphatic heterocycles. The number of benzene rings is 2. The van der Waals surface area contributed by atoms with E-state index in [4.69, 9.17) is 9.84 Å². The van der Waals surface area contributed by atoms with E-state index in [9.17, 15) is 19.6 Å². The molecule has 3 aromatic rings. The zero-order valence-corrected chi connectivity index (χ0v) is 17.1. The highest BCUT2D eigenvalue weighted by molar-refractivity contribution is 5.95. The molecular formula is C22H17N5O5. The highest BCUT2D eigenvalue weighted by atomic mass is 16.5. The molecule has 10 heteroatoms. The second-order valence-electron chi connectivity index (χ2n) is 6.50. The summed E-state index contributed by atoms with van der Waals surface area (Å²) in [6, 6.07) is 14.1. The lowest BCUT2D eigenvalue weighted by molar-refractivity contribution is 0.0696. The minimum Gasteiger partial charge on any atom is -0.497 e. The Labute approximate surface area is 182 Å². The molecular weight excluding hydrogens is 414 g/mol. The molecule has 0 radical (unpaired) electrons. The molecule has 0 aliphatic carbocycles. The predicted molar refractivity (Wildman–Crippen MR) is 114 cm³/mol. The molecule has 0 unspecified atom stereocenters. The fourth-order valence-corrected chi connectivity index (χ4v) is 2.78. The Morgan fingerprint density at radius 3 is 2.41 bits per heavy atom. The number of aromatic nitrogens is 2. The van der Waals surface area contributed by atoms with E-state index < -0.39 is 17.4 Å². The number of hydrogen-bond acceptors (Lipinski definition) is 7. The van der Waals surface area contributed by atoms with Gasteiger partial charge in [-0.25, -0.2) is 10.2 Å². The molecule has 0 fully saturated rings. The Bertz CT molecular complexity index is 1300. The van der Waals surface area contributed by atoms with Crippen LogP contribution in [0.3, 0.4) is 0 Å². The van der Waals surface area contributed by atoms with Gasteiger partial charge in [0.15, 0.2) is 5.69 Å². The number of nitrogens with one attached hydrogen (secondary N) is 1. The van der Waals surface area contributed by atoms with Crippen molar-refractivity contribution in [2.45, 2.75) is 6.92 Å². The number of carboxylic acid groups (broad SMARTS) is 1. The van der Waals surface area contributed by atoms with Crippen molar-refractivity contribution < 1.29 is 19.4 Å². The number of nitriles is 1. The van der Waals surface area contributed by atoms with Gasteiger partial charge in [0.25, 0.3) is 11.5 Å². The van der Waals surface area contributed by atoms with E-state index in [0.29, 0.717) is 17.0 Å². The summed E-state index contributed by atoms with van der Waals surface area (Å²) in [6.45, 7) is 1.45. The number of methoxy groups -OCH3 is 1. The van der Waals surface area contributed by atoms with E-state index in [1.807, 2.05) is 6.07 Å². The van der Waals surface area contributed by atoms with Gasteiger partial charge in [0.1, 0.15) is 17.4 Å². The van der Waals surface area contributed by atoms with Gasteiger partial charge < -0.3 is 9.84 Å². The topological polar surface area (TPSA) is 147 Å². The molecule has 0 bridgehead atoms. The van der Waals surface area contributed by atoms with Crippen LogP contribution in [0.15, 0.2) is 58.4 Å². The van der Waals surface area contributed by atoms with Gasteiger partial charge in [-0.3, -0.25) is 9.59 Å². The number of carbonyl (C=O) groups excluding carboxylic acids is 1. The molecule has 160 valence electrons. The van der Waals surface area contributed by atoms with Crippen LogP contribution >= 0.6 is 0 Å². The lowest BCUT2D eigenvalue weighted by Gasteiger charge is -2.11. The molecule has 32 heavy (non-hydrogen) atoms. The van der Waals surface area contributed by atoms with Crippen molar-refractivity contribution in [1.29, 1.82) is 5.26 Å². The van der Waals surface area contributed by atoms with Crippen LogP contribution in [0.5, 0.6) is 5.75 Å². The molecule has 0 aliphatic rings. The molecule has 0 spiro atoms. The molecule has 3 rings (SSSR count). The first-order chi connectivity index (χ1) is 15.3. The summed E-state index contributed by atoms with van der Waals surface area (Å²) >= 11 is 0. The van der Waals surface area contributed by atoms with Gasteiger partial charge in [-0.2, -0.15) is 20.1 Å². The van der Waals surface area contributed by atoms with Gasteiger partial charge in [0.2, 0.25) is 0 Å². The van der Waals surface area contributed by atoms with Crippen LogP contribution in [0.2, 0.25) is 0 Å². The number of hydrazone groups is 1. The number of ether oxygens (including phenoxy) is 1. The second kappa shape index (κ2) is 9.36. The summed E-state index contributed by atoms with van der Waals surface area (Å²) in [5, 5.41) is 26.3. The number of aromatic carboxylic acids is 1. The van der Waals surface area contributed by atoms with Crippen molar-refractivity contribution in [3.8, 4) is 17.5 Å². The first kappa shape index (κ1) is 21.9. The van der Waals surface area contributed by atoms with Crippen LogP contribution in [0.25, 0.3) is 5.69 Å². The first-order valence-corrected chi connectivity index (χ1v) is 9.21. The maximum atomic E-state index is 12.7. The van der Waals surface area contributed by atoms with Crippen molar-refractivity contribution >= 4 is 18.1 Å². The van der Waals surface area contributed by atoms with Crippen LogP contribution in [-0.2, 0) is 0 Å². The predicted octanol–water partition coefficient (Wildman–Crippen LogP) is 1.88. The van der Waals surface area contributed by atoms with Crippen LogP contribution in [0.1, 0.15) is 37.5 Å². The third kappa shape index (κ3) is 4.52. The van der Waals surface area contributed by atoms with Gasteiger partial charge in [0.05, 0.1) is 24.6 Å². The number of rotatable bonds is 6. The summed E-state index contributed by atoms with van der Waals surface area (Å²) in [5.41, 5.74) is 2.44. The largest absolute Gasteiger partial charge is 0.497 e. The van der Waals surface area contributed by atoms with Crippen molar-refractivity contribution in [2.24, 2.45) is 5.10 Å². The zero-order valence-electron chi connectivity index (χ0n) is 17.1. The van der Waals surface area contributed by atoms with Crippen LogP contribution in [0.4, 0.5) is 0 Å². The molecule has 0 saturated carbocycles. The minimum atomic E-state index is -1.05. The zero-order chi connectivity index (χ0) is 23.3. The highest BCUT2D eigenvalue weighted by Gasteiger charge is 2.20. The Morgan fingerprint density at radius 2 is 1.84 bits per heavy atom. The van der Waals surface area contributed by atoms with Gasteiger partial charge in [-0.15, -0.1) is 0 Å². The van der Waals surface area contributed by atoms with Crippen molar-refractivity contribution in [1.82, 2.24) is 15.2 Å². The van der Waals surface area contributed by atoms with Crippen molar-refractivity contribution in [3.05, 3.63) is 86.8 Å².